The summed E-state index contributed by atoms with van der Waals surface area (Å²) in [6, 6.07) is 1.77. The number of carbonyl (C=O) groups is 1. The number of hydrogen-bond donors (Lipinski definition) is 2. The minimum absolute atomic E-state index is 0.125. The van der Waals surface area contributed by atoms with E-state index >= 15 is 0 Å². The second kappa shape index (κ2) is 8.99. The van der Waals surface area contributed by atoms with E-state index in [0.29, 0.717) is 6.07 Å². The average molecular weight is 494 g/mol. The van der Waals surface area contributed by atoms with Crippen LogP contribution in [0.5, 0.6) is 5.75 Å². The largest absolute Gasteiger partial charge is 0.452 e. The summed E-state index contributed by atoms with van der Waals surface area (Å²) in [5.41, 5.74) is 2.33. The Labute approximate surface area is 187 Å². The number of nitrogens with one attached hydrogen (secondary N) is 1. The molecule has 0 radical (unpaired) electrons. The van der Waals surface area contributed by atoms with Crippen LogP contribution in [0.3, 0.4) is 0 Å². The molecule has 1 aromatic carbocycles. The van der Waals surface area contributed by atoms with Crippen LogP contribution in [0.1, 0.15) is 35.0 Å². The van der Waals surface area contributed by atoms with Crippen molar-refractivity contribution in [1.29, 1.82) is 0 Å². The predicted molar refractivity (Wildman–Crippen MR) is 104 cm³/mol. The Balaban J connectivity index is 1.93. The van der Waals surface area contributed by atoms with Gasteiger partial charge in [0.05, 0.1) is 11.7 Å². The van der Waals surface area contributed by atoms with Crippen molar-refractivity contribution in [2.45, 2.75) is 44.7 Å². The van der Waals surface area contributed by atoms with Crippen LogP contribution in [0.15, 0.2) is 29.4 Å². The van der Waals surface area contributed by atoms with Crippen LogP contribution in [-0.2, 0) is 10.3 Å². The van der Waals surface area contributed by atoms with Gasteiger partial charge in [-0.15, -0.1) is 0 Å². The highest BCUT2D eigenvalue weighted by molar-refractivity contribution is 6.03. The molecule has 2 aromatic rings. The normalized spacial score (nSPS) is 20.5. The molecule has 0 unspecified atom stereocenters. The van der Waals surface area contributed by atoms with Gasteiger partial charge in [0.2, 0.25) is 0 Å². The molecule has 3 N–H and O–H groups in total. The number of anilines is 1. The maximum absolute atomic E-state index is 14.6. The number of alkyl halides is 5. The van der Waals surface area contributed by atoms with E-state index in [2.05, 4.69) is 24.8 Å². The van der Waals surface area contributed by atoms with Crippen LogP contribution < -0.4 is 15.8 Å². The number of aliphatic imine (C=N–C) groups is 1. The fraction of sp³-hybridized carbons (Fsp3) is 0.350. The number of carbonyl (C=O) groups excluding carboxylic acids is 1. The molecule has 1 amide bonds. The van der Waals surface area contributed by atoms with Gasteiger partial charge in [0.1, 0.15) is 11.4 Å². The van der Waals surface area contributed by atoms with Gasteiger partial charge in [-0.1, -0.05) is 0 Å². The van der Waals surface area contributed by atoms with Gasteiger partial charge in [-0.05, 0) is 31.5 Å². The van der Waals surface area contributed by atoms with E-state index in [1.807, 2.05) is 0 Å². The van der Waals surface area contributed by atoms with Gasteiger partial charge in [0.25, 0.3) is 11.9 Å². The number of halogens is 7. The van der Waals surface area contributed by atoms with Crippen molar-refractivity contribution in [2.75, 3.05) is 5.32 Å². The lowest BCUT2D eigenvalue weighted by atomic mass is 9.85. The van der Waals surface area contributed by atoms with E-state index in [9.17, 15) is 35.5 Å². The van der Waals surface area contributed by atoms with Gasteiger partial charge in [0, 0.05) is 23.7 Å². The zero-order chi connectivity index (χ0) is 25.4. The number of ether oxygens (including phenoxy) is 2. The second-order valence-electron chi connectivity index (χ2n) is 7.56. The Kier molecular flexibility index (Phi) is 6.62. The fourth-order valence-corrected chi connectivity index (χ4v) is 3.41. The number of aromatic nitrogens is 1. The van der Waals surface area contributed by atoms with Gasteiger partial charge in [0.15, 0.2) is 17.7 Å². The quantitative estimate of drug-likeness (QED) is 0.601. The number of amidine groups is 1. The third-order valence-corrected chi connectivity index (χ3v) is 4.93. The van der Waals surface area contributed by atoms with Crippen molar-refractivity contribution in [1.82, 2.24) is 4.98 Å². The van der Waals surface area contributed by atoms with E-state index in [-0.39, 0.29) is 22.7 Å². The van der Waals surface area contributed by atoms with E-state index in [1.165, 1.54) is 6.92 Å². The molecule has 0 fully saturated rings. The average Bonchev–Trinajstić information content (AvgIpc) is 2.68. The Morgan fingerprint density at radius 2 is 1.97 bits per heavy atom. The molecule has 1 aliphatic heterocycles. The van der Waals surface area contributed by atoms with Crippen LogP contribution in [0.25, 0.3) is 0 Å². The molecule has 1 aliphatic rings. The van der Waals surface area contributed by atoms with Gasteiger partial charge in [-0.3, -0.25) is 4.79 Å². The highest BCUT2D eigenvalue weighted by Crippen LogP contribution is 2.42. The zero-order valence-corrected chi connectivity index (χ0v) is 17.5. The van der Waals surface area contributed by atoms with Crippen LogP contribution in [0, 0.1) is 18.6 Å². The zero-order valence-electron chi connectivity index (χ0n) is 17.5. The molecule has 34 heavy (non-hydrogen) atoms. The van der Waals surface area contributed by atoms with Gasteiger partial charge in [-0.25, -0.2) is 18.8 Å². The first-order valence-electron chi connectivity index (χ1n) is 9.50. The van der Waals surface area contributed by atoms with Crippen molar-refractivity contribution < 1.29 is 45.0 Å². The lowest BCUT2D eigenvalue weighted by Crippen LogP contribution is -2.46. The summed E-state index contributed by atoms with van der Waals surface area (Å²) in [6.45, 7) is -0.631. The Hall–Kier alpha value is -3.58. The number of rotatable bonds is 5. The van der Waals surface area contributed by atoms with E-state index in [0.717, 1.165) is 25.3 Å². The topological polar surface area (TPSA) is 98.8 Å². The third kappa shape index (κ3) is 5.31. The SMILES string of the molecule is Cc1cc(OC(F)F)cnc1C(=O)Nc1cc(F)c(F)c([C@@]2(C)C[C@@H](C(F)(F)F)OC(N)=N2)c1. The molecule has 0 saturated carbocycles. The summed E-state index contributed by atoms with van der Waals surface area (Å²) in [6.07, 6.45) is -7.32. The van der Waals surface area contributed by atoms with Gasteiger partial charge < -0.3 is 20.5 Å². The molecule has 2 atom stereocenters. The number of nitrogens with zero attached hydrogens (tertiary/aromatic N) is 2. The molecule has 14 heteroatoms. The molecule has 0 saturated heterocycles. The Morgan fingerprint density at radius 3 is 2.56 bits per heavy atom. The minimum atomic E-state index is -4.86. The standard InChI is InChI=1S/C20H17F7N4O3/c1-8-3-10(33-17(23)24)7-29-15(8)16(32)30-9-4-11(14(22)12(21)5-9)19(2)6-13(20(25,26)27)34-18(28)31-19/h3-5,7,13,17H,6H2,1-2H3,(H2,28,31)(H,30,32)/t13-,19+/m0/s1. The number of amides is 1. The number of hydrogen-bond acceptors (Lipinski definition) is 6. The molecular weight excluding hydrogens is 477 g/mol. The molecule has 7 nitrogen and oxygen atoms in total. The summed E-state index contributed by atoms with van der Waals surface area (Å²) in [7, 11) is 0. The van der Waals surface area contributed by atoms with Crippen LogP contribution in [0.2, 0.25) is 0 Å². The summed E-state index contributed by atoms with van der Waals surface area (Å²) < 4.78 is 102. The van der Waals surface area contributed by atoms with Gasteiger partial charge in [-0.2, -0.15) is 22.0 Å². The summed E-state index contributed by atoms with van der Waals surface area (Å²) in [5.74, 6) is -4.18. The first-order valence-corrected chi connectivity index (χ1v) is 9.50. The fourth-order valence-electron chi connectivity index (χ4n) is 3.41. The molecule has 3 rings (SSSR count). The lowest BCUT2D eigenvalue weighted by molar-refractivity contribution is -0.208. The van der Waals surface area contributed by atoms with Crippen molar-refractivity contribution in [3.05, 3.63) is 52.9 Å². The van der Waals surface area contributed by atoms with E-state index in [1.54, 1.807) is 0 Å². The Morgan fingerprint density at radius 1 is 1.29 bits per heavy atom. The first-order chi connectivity index (χ1) is 15.7. The highest BCUT2D eigenvalue weighted by Gasteiger charge is 2.50. The Bertz CT molecular complexity index is 1140. The summed E-state index contributed by atoms with van der Waals surface area (Å²) >= 11 is 0. The monoisotopic (exact) mass is 494 g/mol. The van der Waals surface area contributed by atoms with Crippen LogP contribution >= 0.6 is 0 Å². The first kappa shape index (κ1) is 25.1. The molecule has 0 bridgehead atoms. The summed E-state index contributed by atoms with van der Waals surface area (Å²) in [4.78, 5) is 20.0. The van der Waals surface area contributed by atoms with Crippen molar-refractivity contribution in [3.8, 4) is 5.75 Å². The number of aryl methyl sites for hydroxylation is 1. The van der Waals surface area contributed by atoms with Crippen molar-refractivity contribution in [2.24, 2.45) is 10.7 Å². The maximum atomic E-state index is 14.6. The van der Waals surface area contributed by atoms with Crippen LogP contribution in [-0.4, -0.2) is 35.8 Å². The predicted octanol–water partition coefficient (Wildman–Crippen LogP) is 4.40. The number of benzene rings is 1. The van der Waals surface area contributed by atoms with E-state index in [4.69, 9.17) is 5.73 Å². The molecule has 0 aliphatic carbocycles. The third-order valence-electron chi connectivity index (χ3n) is 4.93. The van der Waals surface area contributed by atoms with Crippen LogP contribution in [0.4, 0.5) is 36.4 Å². The smallest absolute Gasteiger partial charge is 0.425 e. The molecule has 2 heterocycles. The number of nitrogens with two attached hydrogens (primary N) is 1. The van der Waals surface area contributed by atoms with Gasteiger partial charge >= 0.3 is 12.8 Å². The molecule has 0 spiro atoms. The summed E-state index contributed by atoms with van der Waals surface area (Å²) in [5, 5.41) is 2.25. The van der Waals surface area contributed by atoms with Crippen molar-refractivity contribution in [3.63, 3.8) is 0 Å². The highest BCUT2D eigenvalue weighted by atomic mass is 19.4. The van der Waals surface area contributed by atoms with E-state index < -0.39 is 60.0 Å². The van der Waals surface area contributed by atoms with Crippen molar-refractivity contribution >= 4 is 17.6 Å². The molecular formula is C20H17F7N4O3. The second-order valence-corrected chi connectivity index (χ2v) is 7.56. The minimum Gasteiger partial charge on any atom is -0.452 e. The maximum Gasteiger partial charge on any atom is 0.425 e. The molecule has 1 aromatic heterocycles. The lowest BCUT2D eigenvalue weighted by Gasteiger charge is -2.36. The number of pyridine rings is 1. The molecule has 184 valence electrons.